The molecule has 0 spiro atoms. The van der Waals surface area contributed by atoms with E-state index in [1.54, 1.807) is 16.8 Å². The SMILES string of the molecule is Nc1cn2ccnc2c(OCC2CCCO2)n1. The summed E-state index contributed by atoms with van der Waals surface area (Å²) < 4.78 is 12.9. The first kappa shape index (κ1) is 10.3. The van der Waals surface area contributed by atoms with Crippen molar-refractivity contribution in [1.29, 1.82) is 0 Å². The number of rotatable bonds is 3. The van der Waals surface area contributed by atoms with Gasteiger partial charge in [0.25, 0.3) is 5.88 Å². The molecule has 3 rings (SSSR count). The minimum atomic E-state index is 0.160. The van der Waals surface area contributed by atoms with Crippen molar-refractivity contribution in [2.75, 3.05) is 18.9 Å². The van der Waals surface area contributed by atoms with Gasteiger partial charge in [0.2, 0.25) is 5.65 Å². The maximum absolute atomic E-state index is 5.70. The van der Waals surface area contributed by atoms with E-state index in [4.69, 9.17) is 15.2 Å². The maximum atomic E-state index is 5.70. The van der Waals surface area contributed by atoms with Crippen molar-refractivity contribution in [2.45, 2.75) is 18.9 Å². The van der Waals surface area contributed by atoms with Gasteiger partial charge in [0.05, 0.1) is 12.3 Å². The van der Waals surface area contributed by atoms with Gasteiger partial charge in [0, 0.05) is 19.0 Å². The van der Waals surface area contributed by atoms with Gasteiger partial charge in [-0.15, -0.1) is 0 Å². The van der Waals surface area contributed by atoms with E-state index in [-0.39, 0.29) is 6.10 Å². The summed E-state index contributed by atoms with van der Waals surface area (Å²) in [6.45, 7) is 1.32. The Bertz CT molecular complexity index is 519. The predicted molar refractivity (Wildman–Crippen MR) is 61.9 cm³/mol. The molecule has 1 aliphatic rings. The van der Waals surface area contributed by atoms with Crippen molar-refractivity contribution in [3.8, 4) is 5.88 Å². The van der Waals surface area contributed by atoms with Crippen molar-refractivity contribution >= 4 is 11.5 Å². The van der Waals surface area contributed by atoms with Gasteiger partial charge in [-0.1, -0.05) is 0 Å². The van der Waals surface area contributed by atoms with E-state index in [1.807, 2.05) is 6.20 Å². The Morgan fingerprint density at radius 2 is 2.53 bits per heavy atom. The van der Waals surface area contributed by atoms with Crippen LogP contribution in [0.25, 0.3) is 5.65 Å². The Labute approximate surface area is 98.4 Å². The highest BCUT2D eigenvalue weighted by Crippen LogP contribution is 2.19. The number of nitrogen functional groups attached to an aromatic ring is 1. The fourth-order valence-electron chi connectivity index (χ4n) is 1.97. The van der Waals surface area contributed by atoms with Crippen LogP contribution >= 0.6 is 0 Å². The van der Waals surface area contributed by atoms with Crippen LogP contribution in [0.2, 0.25) is 0 Å². The van der Waals surface area contributed by atoms with Gasteiger partial charge < -0.3 is 15.2 Å². The molecule has 1 unspecified atom stereocenters. The van der Waals surface area contributed by atoms with Crippen molar-refractivity contribution in [3.63, 3.8) is 0 Å². The Morgan fingerprint density at radius 1 is 1.59 bits per heavy atom. The van der Waals surface area contributed by atoms with E-state index in [1.165, 1.54) is 0 Å². The van der Waals surface area contributed by atoms with Gasteiger partial charge in [-0.2, -0.15) is 4.98 Å². The Morgan fingerprint density at radius 3 is 3.35 bits per heavy atom. The highest BCUT2D eigenvalue weighted by molar-refractivity contribution is 5.52. The Kier molecular flexibility index (Phi) is 2.56. The molecule has 1 aliphatic heterocycles. The van der Waals surface area contributed by atoms with E-state index in [2.05, 4.69) is 9.97 Å². The molecule has 0 bridgehead atoms. The molecule has 0 radical (unpaired) electrons. The lowest BCUT2D eigenvalue weighted by Gasteiger charge is -2.11. The first-order valence-electron chi connectivity index (χ1n) is 5.66. The lowest BCUT2D eigenvalue weighted by atomic mass is 10.2. The standard InChI is InChI=1S/C11H14N4O2/c12-9-6-15-4-3-13-10(15)11(14-9)17-7-8-2-1-5-16-8/h3-4,6,8H,1-2,5,7,12H2. The van der Waals surface area contributed by atoms with E-state index >= 15 is 0 Å². The molecular formula is C11H14N4O2. The molecule has 0 aromatic carbocycles. The highest BCUT2D eigenvalue weighted by atomic mass is 16.5. The molecule has 1 atom stereocenters. The normalized spacial score (nSPS) is 19.9. The van der Waals surface area contributed by atoms with Crippen LogP contribution < -0.4 is 10.5 Å². The van der Waals surface area contributed by atoms with Gasteiger partial charge in [0.15, 0.2) is 0 Å². The van der Waals surface area contributed by atoms with Gasteiger partial charge in [-0.3, -0.25) is 4.40 Å². The zero-order chi connectivity index (χ0) is 11.7. The molecule has 0 amide bonds. The van der Waals surface area contributed by atoms with Crippen LogP contribution in [0.1, 0.15) is 12.8 Å². The van der Waals surface area contributed by atoms with Crippen LogP contribution in [0, 0.1) is 0 Å². The lowest BCUT2D eigenvalue weighted by Crippen LogP contribution is -2.17. The predicted octanol–water partition coefficient (Wildman–Crippen LogP) is 0.869. The van der Waals surface area contributed by atoms with E-state index in [0.717, 1.165) is 19.4 Å². The highest BCUT2D eigenvalue weighted by Gasteiger charge is 2.17. The number of anilines is 1. The first-order valence-corrected chi connectivity index (χ1v) is 5.66. The second-order valence-electron chi connectivity index (χ2n) is 4.08. The molecule has 2 aromatic rings. The minimum absolute atomic E-state index is 0.160. The quantitative estimate of drug-likeness (QED) is 0.852. The summed E-state index contributed by atoms with van der Waals surface area (Å²) in [5.74, 6) is 0.878. The average molecular weight is 234 g/mol. The number of hydrogen-bond acceptors (Lipinski definition) is 5. The van der Waals surface area contributed by atoms with Crippen LogP contribution in [-0.4, -0.2) is 33.7 Å². The van der Waals surface area contributed by atoms with Gasteiger partial charge in [0.1, 0.15) is 12.4 Å². The van der Waals surface area contributed by atoms with E-state index in [0.29, 0.717) is 24.0 Å². The van der Waals surface area contributed by atoms with E-state index in [9.17, 15) is 0 Å². The van der Waals surface area contributed by atoms with Crippen LogP contribution in [-0.2, 0) is 4.74 Å². The summed E-state index contributed by atoms with van der Waals surface area (Å²) in [5, 5.41) is 0. The number of nitrogens with two attached hydrogens (primary N) is 1. The van der Waals surface area contributed by atoms with Crippen LogP contribution in [0.5, 0.6) is 5.88 Å². The average Bonchev–Trinajstić information content (AvgIpc) is 2.95. The molecule has 1 fully saturated rings. The number of ether oxygens (including phenoxy) is 2. The number of fused-ring (bicyclic) bond motifs is 1. The second kappa shape index (κ2) is 4.21. The van der Waals surface area contributed by atoms with Gasteiger partial charge >= 0.3 is 0 Å². The topological polar surface area (TPSA) is 74.7 Å². The second-order valence-corrected chi connectivity index (χ2v) is 4.08. The summed E-state index contributed by atoms with van der Waals surface area (Å²) in [6.07, 6.45) is 7.50. The molecule has 6 nitrogen and oxygen atoms in total. The zero-order valence-electron chi connectivity index (χ0n) is 9.37. The summed E-state index contributed by atoms with van der Waals surface area (Å²) >= 11 is 0. The maximum Gasteiger partial charge on any atom is 0.260 e. The number of imidazole rings is 1. The molecule has 0 aliphatic carbocycles. The molecule has 2 aromatic heterocycles. The van der Waals surface area contributed by atoms with Gasteiger partial charge in [-0.05, 0) is 12.8 Å². The van der Waals surface area contributed by atoms with Crippen molar-refractivity contribution < 1.29 is 9.47 Å². The molecule has 90 valence electrons. The summed E-state index contributed by atoms with van der Waals surface area (Å²) in [6, 6.07) is 0. The van der Waals surface area contributed by atoms with Crippen LogP contribution in [0.3, 0.4) is 0 Å². The number of nitrogens with zero attached hydrogens (tertiary/aromatic N) is 3. The molecule has 2 N–H and O–H groups in total. The molecular weight excluding hydrogens is 220 g/mol. The number of hydrogen-bond donors (Lipinski definition) is 1. The smallest absolute Gasteiger partial charge is 0.260 e. The zero-order valence-corrected chi connectivity index (χ0v) is 9.37. The van der Waals surface area contributed by atoms with Crippen molar-refractivity contribution in [1.82, 2.24) is 14.4 Å². The molecule has 0 saturated carbocycles. The first-order chi connectivity index (χ1) is 8.33. The van der Waals surface area contributed by atoms with Crippen LogP contribution in [0.4, 0.5) is 5.82 Å². The fourth-order valence-corrected chi connectivity index (χ4v) is 1.97. The Hall–Kier alpha value is -1.82. The summed E-state index contributed by atoms with van der Waals surface area (Å²) in [7, 11) is 0. The largest absolute Gasteiger partial charge is 0.472 e. The summed E-state index contributed by atoms with van der Waals surface area (Å²) in [4.78, 5) is 8.34. The minimum Gasteiger partial charge on any atom is -0.472 e. The number of aromatic nitrogens is 3. The molecule has 1 saturated heterocycles. The third-order valence-electron chi connectivity index (χ3n) is 2.79. The third-order valence-corrected chi connectivity index (χ3v) is 2.79. The molecule has 3 heterocycles. The lowest BCUT2D eigenvalue weighted by molar-refractivity contribution is 0.0668. The van der Waals surface area contributed by atoms with Gasteiger partial charge in [-0.25, -0.2) is 4.98 Å². The monoisotopic (exact) mass is 234 g/mol. The summed E-state index contributed by atoms with van der Waals surface area (Å²) in [5.41, 5.74) is 6.37. The third kappa shape index (κ3) is 2.03. The van der Waals surface area contributed by atoms with Crippen molar-refractivity contribution in [3.05, 3.63) is 18.6 Å². The van der Waals surface area contributed by atoms with E-state index < -0.39 is 0 Å². The van der Waals surface area contributed by atoms with Crippen molar-refractivity contribution in [2.24, 2.45) is 0 Å². The van der Waals surface area contributed by atoms with Crippen LogP contribution in [0.15, 0.2) is 18.6 Å². The molecule has 17 heavy (non-hydrogen) atoms. The Balaban J connectivity index is 1.81. The molecule has 6 heteroatoms. The fraction of sp³-hybridized carbons (Fsp3) is 0.455.